The Hall–Kier alpha value is -0.610. The molecule has 1 saturated carbocycles. The Bertz CT molecular complexity index is 301. The van der Waals surface area contributed by atoms with Crippen LogP contribution in [0.4, 0.5) is 0 Å². The topological polar surface area (TPSA) is 55.6 Å². The van der Waals surface area contributed by atoms with E-state index in [1.165, 1.54) is 7.11 Å². The van der Waals surface area contributed by atoms with Gasteiger partial charge in [-0.05, 0) is 51.6 Å². The van der Waals surface area contributed by atoms with E-state index < -0.39 is 0 Å². The molecule has 0 amide bonds. The van der Waals surface area contributed by atoms with E-state index in [0.717, 1.165) is 38.9 Å². The van der Waals surface area contributed by atoms with Crippen LogP contribution in [0.3, 0.4) is 0 Å². The van der Waals surface area contributed by atoms with E-state index in [-0.39, 0.29) is 22.8 Å². The quantitative estimate of drug-likeness (QED) is 0.748. The van der Waals surface area contributed by atoms with Crippen LogP contribution in [0.2, 0.25) is 0 Å². The highest BCUT2D eigenvalue weighted by molar-refractivity contribution is 5.76. The van der Waals surface area contributed by atoms with E-state index in [2.05, 4.69) is 18.7 Å². The normalized spacial score (nSPS) is 28.1. The smallest absolute Gasteiger partial charge is 0.309 e. The van der Waals surface area contributed by atoms with Crippen LogP contribution in [-0.4, -0.2) is 43.2 Å². The van der Waals surface area contributed by atoms with Crippen molar-refractivity contribution in [2.45, 2.75) is 38.6 Å². The summed E-state index contributed by atoms with van der Waals surface area (Å²) in [5.74, 6) is 0.151. The van der Waals surface area contributed by atoms with E-state index in [1.807, 2.05) is 0 Å². The molecule has 17 heavy (non-hydrogen) atoms. The molecular weight excluding hydrogens is 216 g/mol. The number of methoxy groups -OCH3 is 1. The number of likely N-dealkylation sites (tertiary alicyclic amines) is 1. The summed E-state index contributed by atoms with van der Waals surface area (Å²) in [5.41, 5.74) is 6.17. The van der Waals surface area contributed by atoms with Crippen molar-refractivity contribution in [3.8, 4) is 0 Å². The van der Waals surface area contributed by atoms with Crippen LogP contribution in [0.25, 0.3) is 0 Å². The summed E-state index contributed by atoms with van der Waals surface area (Å²) in [6.07, 6.45) is 3.26. The molecule has 1 unspecified atom stereocenters. The van der Waals surface area contributed by atoms with Crippen molar-refractivity contribution in [2.75, 3.05) is 26.7 Å². The Labute approximate surface area is 103 Å². The van der Waals surface area contributed by atoms with Crippen LogP contribution in [0.15, 0.2) is 0 Å². The Balaban J connectivity index is 1.82. The fraction of sp³-hybridized carbons (Fsp3) is 0.923. The molecule has 4 heteroatoms. The summed E-state index contributed by atoms with van der Waals surface area (Å²) in [6.45, 7) is 7.19. The third kappa shape index (κ3) is 2.80. The van der Waals surface area contributed by atoms with Gasteiger partial charge in [-0.25, -0.2) is 0 Å². The van der Waals surface area contributed by atoms with E-state index in [0.29, 0.717) is 0 Å². The van der Waals surface area contributed by atoms with Gasteiger partial charge in [-0.2, -0.15) is 0 Å². The lowest BCUT2D eigenvalue weighted by Crippen LogP contribution is -2.48. The number of piperidine rings is 1. The molecule has 98 valence electrons. The molecule has 0 bridgehead atoms. The first-order valence-corrected chi connectivity index (χ1v) is 6.45. The molecular formula is C13H24N2O2. The fourth-order valence-electron chi connectivity index (χ4n) is 3.11. The number of nitrogens with two attached hydrogens (primary N) is 1. The van der Waals surface area contributed by atoms with Gasteiger partial charge in [0.2, 0.25) is 0 Å². The fourth-order valence-corrected chi connectivity index (χ4v) is 3.11. The van der Waals surface area contributed by atoms with Crippen molar-refractivity contribution in [1.82, 2.24) is 4.90 Å². The number of esters is 1. The molecule has 4 nitrogen and oxygen atoms in total. The second-order valence-corrected chi connectivity index (χ2v) is 6.41. The van der Waals surface area contributed by atoms with E-state index >= 15 is 0 Å². The largest absolute Gasteiger partial charge is 0.469 e. The van der Waals surface area contributed by atoms with Gasteiger partial charge in [0, 0.05) is 12.1 Å². The summed E-state index contributed by atoms with van der Waals surface area (Å²) in [4.78, 5) is 13.9. The molecule has 0 radical (unpaired) electrons. The number of nitrogens with zero attached hydrogens (tertiary/aromatic N) is 1. The molecule has 0 aromatic rings. The standard InChI is InChI=1S/C13H24N2O2/c1-12(2,14)9-15-6-4-13(5-7-15)8-10(13)11(16)17-3/h10H,4-9,14H2,1-3H3. The first kappa shape index (κ1) is 12.8. The number of carbonyl (C=O) groups is 1. The van der Waals surface area contributed by atoms with E-state index in [9.17, 15) is 4.79 Å². The Kier molecular flexibility index (Phi) is 3.21. The van der Waals surface area contributed by atoms with Gasteiger partial charge in [0.15, 0.2) is 0 Å². The lowest BCUT2D eigenvalue weighted by atomic mass is 9.90. The highest BCUT2D eigenvalue weighted by Gasteiger charge is 2.59. The predicted molar refractivity (Wildman–Crippen MR) is 66.5 cm³/mol. The molecule has 1 heterocycles. The van der Waals surface area contributed by atoms with Gasteiger partial charge in [-0.1, -0.05) is 0 Å². The van der Waals surface area contributed by atoms with Gasteiger partial charge >= 0.3 is 5.97 Å². The van der Waals surface area contributed by atoms with Crippen molar-refractivity contribution < 1.29 is 9.53 Å². The van der Waals surface area contributed by atoms with Gasteiger partial charge in [-0.15, -0.1) is 0 Å². The highest BCUT2D eigenvalue weighted by Crippen LogP contribution is 2.59. The molecule has 2 N–H and O–H groups in total. The molecule has 1 aliphatic carbocycles. The Morgan fingerprint density at radius 3 is 2.53 bits per heavy atom. The number of hydrogen-bond acceptors (Lipinski definition) is 4. The second-order valence-electron chi connectivity index (χ2n) is 6.41. The van der Waals surface area contributed by atoms with Crippen LogP contribution in [0.5, 0.6) is 0 Å². The lowest BCUT2D eigenvalue weighted by molar-refractivity contribution is -0.143. The maximum absolute atomic E-state index is 11.5. The minimum Gasteiger partial charge on any atom is -0.469 e. The van der Waals surface area contributed by atoms with Gasteiger partial charge in [0.1, 0.15) is 0 Å². The van der Waals surface area contributed by atoms with Gasteiger partial charge in [0.05, 0.1) is 13.0 Å². The Morgan fingerprint density at radius 2 is 2.06 bits per heavy atom. The van der Waals surface area contributed by atoms with Crippen LogP contribution >= 0.6 is 0 Å². The van der Waals surface area contributed by atoms with Gasteiger partial charge in [-0.3, -0.25) is 4.79 Å². The van der Waals surface area contributed by atoms with Crippen LogP contribution in [0, 0.1) is 11.3 Å². The summed E-state index contributed by atoms with van der Waals surface area (Å²) in [6, 6.07) is 0. The average molecular weight is 240 g/mol. The van der Waals surface area contributed by atoms with Crippen LogP contribution in [-0.2, 0) is 9.53 Å². The molecule has 1 aliphatic heterocycles. The van der Waals surface area contributed by atoms with Crippen LogP contribution in [0.1, 0.15) is 33.1 Å². The van der Waals surface area contributed by atoms with Crippen molar-refractivity contribution in [2.24, 2.45) is 17.1 Å². The maximum Gasteiger partial charge on any atom is 0.309 e. The molecule has 2 fully saturated rings. The third-order valence-electron chi connectivity index (χ3n) is 4.16. The molecule has 0 aromatic carbocycles. The second kappa shape index (κ2) is 4.25. The molecule has 0 aromatic heterocycles. The minimum atomic E-state index is -0.129. The summed E-state index contributed by atoms with van der Waals surface area (Å²) in [5, 5.41) is 0. The monoisotopic (exact) mass is 240 g/mol. The minimum absolute atomic E-state index is 0.0161. The molecule has 2 aliphatic rings. The molecule has 1 atom stereocenters. The predicted octanol–water partition coefficient (Wildman–Crippen LogP) is 0.999. The highest BCUT2D eigenvalue weighted by atomic mass is 16.5. The zero-order chi connectivity index (χ0) is 12.7. The first-order valence-electron chi connectivity index (χ1n) is 6.45. The number of hydrogen-bond donors (Lipinski definition) is 1. The molecule has 2 rings (SSSR count). The molecule has 1 spiro atoms. The number of carbonyl (C=O) groups excluding carboxylic acids is 1. The number of ether oxygens (including phenoxy) is 1. The lowest BCUT2D eigenvalue weighted by Gasteiger charge is -2.36. The van der Waals surface area contributed by atoms with Crippen molar-refractivity contribution in [1.29, 1.82) is 0 Å². The summed E-state index contributed by atoms with van der Waals surface area (Å²) >= 11 is 0. The number of rotatable bonds is 3. The van der Waals surface area contributed by atoms with E-state index in [4.69, 9.17) is 10.5 Å². The maximum atomic E-state index is 11.5. The van der Waals surface area contributed by atoms with Gasteiger partial charge in [0.25, 0.3) is 0 Å². The van der Waals surface area contributed by atoms with Crippen molar-refractivity contribution in [3.05, 3.63) is 0 Å². The third-order valence-corrected chi connectivity index (χ3v) is 4.16. The SMILES string of the molecule is COC(=O)C1CC12CCN(CC(C)(C)N)CC2. The zero-order valence-electron chi connectivity index (χ0n) is 11.2. The van der Waals surface area contributed by atoms with Crippen LogP contribution < -0.4 is 5.73 Å². The zero-order valence-corrected chi connectivity index (χ0v) is 11.2. The van der Waals surface area contributed by atoms with E-state index in [1.54, 1.807) is 0 Å². The van der Waals surface area contributed by atoms with Gasteiger partial charge < -0.3 is 15.4 Å². The molecule has 1 saturated heterocycles. The summed E-state index contributed by atoms with van der Waals surface area (Å²) in [7, 11) is 1.49. The Morgan fingerprint density at radius 1 is 1.47 bits per heavy atom. The summed E-state index contributed by atoms with van der Waals surface area (Å²) < 4.78 is 4.84. The van der Waals surface area contributed by atoms with Crippen molar-refractivity contribution >= 4 is 5.97 Å². The van der Waals surface area contributed by atoms with Crippen molar-refractivity contribution in [3.63, 3.8) is 0 Å². The first-order chi connectivity index (χ1) is 7.86. The average Bonchev–Trinajstić information content (AvgIpc) is 2.94.